The van der Waals surface area contributed by atoms with E-state index >= 15 is 0 Å². The van der Waals surface area contributed by atoms with E-state index in [2.05, 4.69) is 0 Å². The number of ether oxygens (including phenoxy) is 1. The van der Waals surface area contributed by atoms with Gasteiger partial charge in [-0.3, -0.25) is 4.79 Å². The van der Waals surface area contributed by atoms with Crippen molar-refractivity contribution in [2.24, 2.45) is 5.92 Å². The first-order chi connectivity index (χ1) is 10.4. The molecule has 1 heterocycles. The van der Waals surface area contributed by atoms with Gasteiger partial charge in [0.15, 0.2) is 0 Å². The quantitative estimate of drug-likeness (QED) is 0.867. The van der Waals surface area contributed by atoms with Gasteiger partial charge in [-0.15, -0.1) is 0 Å². The smallest absolute Gasteiger partial charge is 0.410 e. The third-order valence-electron chi connectivity index (χ3n) is 3.90. The van der Waals surface area contributed by atoms with Gasteiger partial charge in [0, 0.05) is 6.54 Å². The molecule has 0 spiro atoms. The topological polar surface area (TPSA) is 87.1 Å². The third-order valence-corrected chi connectivity index (χ3v) is 3.90. The number of carbonyl (C=O) groups excluding carboxylic acids is 1. The van der Waals surface area contributed by atoms with Gasteiger partial charge in [-0.05, 0) is 18.4 Å². The van der Waals surface area contributed by atoms with Gasteiger partial charge in [0.25, 0.3) is 0 Å². The van der Waals surface area contributed by atoms with Gasteiger partial charge >= 0.3 is 12.1 Å². The lowest BCUT2D eigenvalue weighted by atomic mass is 9.91. The zero-order valence-electron chi connectivity index (χ0n) is 12.6. The van der Waals surface area contributed by atoms with E-state index in [4.69, 9.17) is 9.84 Å². The SMILES string of the molecule is CC(CC1(O)CCN(C(=O)OCc2ccccc2)C1)C(=O)O. The molecule has 22 heavy (non-hydrogen) atoms. The van der Waals surface area contributed by atoms with Crippen molar-refractivity contribution in [1.29, 1.82) is 0 Å². The van der Waals surface area contributed by atoms with Crippen LogP contribution in [0, 0.1) is 5.92 Å². The van der Waals surface area contributed by atoms with Crippen LogP contribution >= 0.6 is 0 Å². The molecule has 1 aromatic rings. The largest absolute Gasteiger partial charge is 0.481 e. The summed E-state index contributed by atoms with van der Waals surface area (Å²) in [7, 11) is 0. The Morgan fingerprint density at radius 1 is 1.36 bits per heavy atom. The lowest BCUT2D eigenvalue weighted by molar-refractivity contribution is -0.143. The van der Waals surface area contributed by atoms with Crippen LogP contribution in [0.1, 0.15) is 25.3 Å². The van der Waals surface area contributed by atoms with E-state index in [1.54, 1.807) is 6.92 Å². The van der Waals surface area contributed by atoms with Crippen molar-refractivity contribution in [2.75, 3.05) is 13.1 Å². The molecule has 0 radical (unpaired) electrons. The summed E-state index contributed by atoms with van der Waals surface area (Å²) in [5, 5.41) is 19.3. The molecule has 1 fully saturated rings. The first kappa shape index (κ1) is 16.3. The molecule has 1 aromatic carbocycles. The molecule has 6 nitrogen and oxygen atoms in total. The van der Waals surface area contributed by atoms with E-state index in [1.807, 2.05) is 30.3 Å². The molecule has 1 aliphatic heterocycles. The Kier molecular flexibility index (Phi) is 5.03. The highest BCUT2D eigenvalue weighted by molar-refractivity contribution is 5.70. The number of nitrogens with zero attached hydrogens (tertiary/aromatic N) is 1. The number of hydrogen-bond acceptors (Lipinski definition) is 4. The second kappa shape index (κ2) is 6.79. The molecule has 1 aliphatic rings. The number of benzene rings is 1. The van der Waals surface area contributed by atoms with Crippen LogP contribution in [0.5, 0.6) is 0 Å². The number of aliphatic hydroxyl groups is 1. The number of hydrogen-bond donors (Lipinski definition) is 2. The van der Waals surface area contributed by atoms with Crippen LogP contribution in [0.15, 0.2) is 30.3 Å². The molecular weight excluding hydrogens is 286 g/mol. The summed E-state index contributed by atoms with van der Waals surface area (Å²) in [6.45, 7) is 2.21. The summed E-state index contributed by atoms with van der Waals surface area (Å²) >= 11 is 0. The summed E-state index contributed by atoms with van der Waals surface area (Å²) < 4.78 is 5.22. The molecule has 0 bridgehead atoms. The second-order valence-electron chi connectivity index (χ2n) is 5.88. The lowest BCUT2D eigenvalue weighted by Gasteiger charge is -2.24. The first-order valence-electron chi connectivity index (χ1n) is 7.30. The Balaban J connectivity index is 1.84. The zero-order valence-corrected chi connectivity index (χ0v) is 12.6. The van der Waals surface area contributed by atoms with E-state index < -0.39 is 23.6 Å². The molecule has 2 atom stereocenters. The molecule has 0 saturated carbocycles. The predicted molar refractivity (Wildman–Crippen MR) is 79.2 cm³/mol. The maximum Gasteiger partial charge on any atom is 0.410 e. The van der Waals surface area contributed by atoms with Crippen LogP contribution < -0.4 is 0 Å². The number of carbonyl (C=O) groups is 2. The maximum absolute atomic E-state index is 12.0. The standard InChI is InChI=1S/C16H21NO5/c1-12(14(18)19)9-16(21)7-8-17(11-16)15(20)22-10-13-5-3-2-4-6-13/h2-6,12,21H,7-11H2,1H3,(H,18,19). The molecule has 2 N–H and O–H groups in total. The Bertz CT molecular complexity index is 533. The van der Waals surface area contributed by atoms with Crippen molar-refractivity contribution >= 4 is 12.1 Å². The third kappa shape index (κ3) is 4.21. The summed E-state index contributed by atoms with van der Waals surface area (Å²) in [6, 6.07) is 9.34. The van der Waals surface area contributed by atoms with Gasteiger partial charge < -0.3 is 19.8 Å². The summed E-state index contributed by atoms with van der Waals surface area (Å²) in [5.74, 6) is -1.59. The van der Waals surface area contributed by atoms with E-state index in [0.717, 1.165) is 5.56 Å². The minimum Gasteiger partial charge on any atom is -0.481 e. The highest BCUT2D eigenvalue weighted by Crippen LogP contribution is 2.28. The van der Waals surface area contributed by atoms with E-state index in [0.29, 0.717) is 13.0 Å². The maximum atomic E-state index is 12.0. The Morgan fingerprint density at radius 3 is 2.68 bits per heavy atom. The highest BCUT2D eigenvalue weighted by Gasteiger charge is 2.40. The first-order valence-corrected chi connectivity index (χ1v) is 7.30. The molecule has 120 valence electrons. The average Bonchev–Trinajstić information content (AvgIpc) is 2.88. The number of likely N-dealkylation sites (tertiary alicyclic amines) is 1. The molecule has 1 saturated heterocycles. The van der Waals surface area contributed by atoms with Crippen LogP contribution in [0.3, 0.4) is 0 Å². The molecular formula is C16H21NO5. The van der Waals surface area contributed by atoms with Gasteiger partial charge in [0.1, 0.15) is 6.61 Å². The molecule has 2 unspecified atom stereocenters. The monoisotopic (exact) mass is 307 g/mol. The van der Waals surface area contributed by atoms with Crippen LogP contribution in [0.25, 0.3) is 0 Å². The number of carboxylic acids is 1. The molecule has 0 aliphatic carbocycles. The molecule has 6 heteroatoms. The predicted octanol–water partition coefficient (Wildman–Crippen LogP) is 1.87. The summed E-state index contributed by atoms with van der Waals surface area (Å²) in [5.41, 5.74) is -0.256. The van der Waals surface area contributed by atoms with Crippen molar-refractivity contribution in [3.05, 3.63) is 35.9 Å². The van der Waals surface area contributed by atoms with Gasteiger partial charge in [-0.2, -0.15) is 0 Å². The van der Waals surface area contributed by atoms with Crippen LogP contribution in [0.2, 0.25) is 0 Å². The van der Waals surface area contributed by atoms with Gasteiger partial charge in [0.05, 0.1) is 18.1 Å². The van der Waals surface area contributed by atoms with Gasteiger partial charge in [-0.1, -0.05) is 37.3 Å². The fraction of sp³-hybridized carbons (Fsp3) is 0.500. The molecule has 1 amide bonds. The highest BCUT2D eigenvalue weighted by atomic mass is 16.6. The van der Waals surface area contributed by atoms with Crippen molar-refractivity contribution in [3.63, 3.8) is 0 Å². The van der Waals surface area contributed by atoms with Crippen LogP contribution in [-0.4, -0.2) is 45.9 Å². The fourth-order valence-electron chi connectivity index (χ4n) is 2.65. The number of rotatable bonds is 5. The zero-order chi connectivity index (χ0) is 16.2. The second-order valence-corrected chi connectivity index (χ2v) is 5.88. The summed E-state index contributed by atoms with van der Waals surface area (Å²) in [6.07, 6.45) is 0.0123. The minimum absolute atomic E-state index is 0.109. The van der Waals surface area contributed by atoms with E-state index in [-0.39, 0.29) is 19.6 Å². The van der Waals surface area contributed by atoms with Crippen LogP contribution in [0.4, 0.5) is 4.79 Å². The van der Waals surface area contributed by atoms with Gasteiger partial charge in [0.2, 0.25) is 0 Å². The normalized spacial score (nSPS) is 22.4. The fourth-order valence-corrected chi connectivity index (χ4v) is 2.65. The van der Waals surface area contributed by atoms with Crippen molar-refractivity contribution in [1.82, 2.24) is 4.90 Å². The van der Waals surface area contributed by atoms with Gasteiger partial charge in [-0.25, -0.2) is 4.79 Å². The Morgan fingerprint density at radius 2 is 2.05 bits per heavy atom. The number of amides is 1. The lowest BCUT2D eigenvalue weighted by Crippen LogP contribution is -2.38. The number of β-amino-alcohol motifs (C(OH)–C–C–N with tert-alkyl or cyclic N) is 1. The molecule has 2 rings (SSSR count). The van der Waals surface area contributed by atoms with Crippen LogP contribution in [-0.2, 0) is 16.1 Å². The number of carboxylic acid groups (broad SMARTS) is 1. The minimum atomic E-state index is -1.15. The number of aliphatic carboxylic acids is 1. The van der Waals surface area contributed by atoms with Crippen molar-refractivity contribution in [2.45, 2.75) is 32.0 Å². The Labute approximate surface area is 129 Å². The Hall–Kier alpha value is -2.08. The van der Waals surface area contributed by atoms with Crippen molar-refractivity contribution < 1.29 is 24.5 Å². The summed E-state index contributed by atoms with van der Waals surface area (Å²) in [4.78, 5) is 24.3. The van der Waals surface area contributed by atoms with E-state index in [9.17, 15) is 14.7 Å². The van der Waals surface area contributed by atoms with E-state index in [1.165, 1.54) is 4.90 Å². The van der Waals surface area contributed by atoms with Crippen molar-refractivity contribution in [3.8, 4) is 0 Å². The average molecular weight is 307 g/mol. The molecule has 0 aromatic heterocycles.